The number of nitriles is 1. The molecule has 0 atom stereocenters. The van der Waals surface area contributed by atoms with Crippen molar-refractivity contribution < 1.29 is 14.3 Å². The molecule has 0 N–H and O–H groups in total. The Kier molecular flexibility index (Phi) is 6.99. The second-order valence-electron chi connectivity index (χ2n) is 6.05. The molecule has 0 amide bonds. The molecular formula is C22H23NO3. The van der Waals surface area contributed by atoms with Crippen molar-refractivity contribution in [3.63, 3.8) is 0 Å². The maximum absolute atomic E-state index is 12.4. The largest absolute Gasteiger partial charge is 0.494 e. The van der Waals surface area contributed by atoms with Gasteiger partial charge in [0.25, 0.3) is 0 Å². The minimum absolute atomic E-state index is 0.0488. The van der Waals surface area contributed by atoms with E-state index in [0.29, 0.717) is 12.4 Å². The SMILES string of the molecule is CCCCOc1ccc(/C=C(\C#N)C(=O)Oc2c(C)cccc2C)cc1. The summed E-state index contributed by atoms with van der Waals surface area (Å²) < 4.78 is 11.0. The molecule has 0 aliphatic rings. The molecule has 0 unspecified atom stereocenters. The first kappa shape index (κ1) is 19.3. The van der Waals surface area contributed by atoms with Crippen molar-refractivity contribution in [3.05, 3.63) is 64.7 Å². The van der Waals surface area contributed by atoms with Crippen molar-refractivity contribution in [2.24, 2.45) is 0 Å². The van der Waals surface area contributed by atoms with Gasteiger partial charge in [-0.25, -0.2) is 4.79 Å². The van der Waals surface area contributed by atoms with Crippen LogP contribution in [0.15, 0.2) is 48.0 Å². The molecule has 2 rings (SSSR count). The summed E-state index contributed by atoms with van der Waals surface area (Å²) in [7, 11) is 0. The highest BCUT2D eigenvalue weighted by Gasteiger charge is 2.15. The van der Waals surface area contributed by atoms with Gasteiger partial charge in [-0.1, -0.05) is 43.7 Å². The van der Waals surface area contributed by atoms with Crippen molar-refractivity contribution in [3.8, 4) is 17.6 Å². The number of benzene rings is 2. The average Bonchev–Trinajstić information content (AvgIpc) is 2.64. The molecule has 134 valence electrons. The van der Waals surface area contributed by atoms with Gasteiger partial charge in [-0.15, -0.1) is 0 Å². The molecule has 0 saturated carbocycles. The number of hydrogen-bond donors (Lipinski definition) is 0. The fraction of sp³-hybridized carbons (Fsp3) is 0.273. The van der Waals surface area contributed by atoms with Gasteiger partial charge >= 0.3 is 5.97 Å². The third-order valence-electron chi connectivity index (χ3n) is 3.90. The van der Waals surface area contributed by atoms with Crippen LogP contribution in [-0.2, 0) is 4.79 Å². The van der Waals surface area contributed by atoms with Crippen molar-refractivity contribution in [1.29, 1.82) is 5.26 Å². The zero-order chi connectivity index (χ0) is 18.9. The van der Waals surface area contributed by atoms with Crippen LogP contribution in [0, 0.1) is 25.2 Å². The zero-order valence-corrected chi connectivity index (χ0v) is 15.4. The number of carbonyl (C=O) groups excluding carboxylic acids is 1. The Balaban J connectivity index is 2.12. The Bertz CT molecular complexity index is 809. The van der Waals surface area contributed by atoms with Crippen LogP contribution in [0.2, 0.25) is 0 Å². The van der Waals surface area contributed by atoms with Crippen LogP contribution in [0.4, 0.5) is 0 Å². The molecule has 0 aromatic heterocycles. The van der Waals surface area contributed by atoms with E-state index in [-0.39, 0.29) is 5.57 Å². The number of rotatable bonds is 7. The number of ether oxygens (including phenoxy) is 2. The smallest absolute Gasteiger partial charge is 0.354 e. The molecule has 0 saturated heterocycles. The van der Waals surface area contributed by atoms with Crippen LogP contribution in [0.3, 0.4) is 0 Å². The van der Waals surface area contributed by atoms with Gasteiger partial charge in [0.05, 0.1) is 6.61 Å². The average molecular weight is 349 g/mol. The van der Waals surface area contributed by atoms with Gasteiger partial charge in [-0.3, -0.25) is 0 Å². The lowest BCUT2D eigenvalue weighted by atomic mass is 10.1. The fourth-order valence-corrected chi connectivity index (χ4v) is 2.41. The molecule has 0 fully saturated rings. The van der Waals surface area contributed by atoms with Crippen molar-refractivity contribution in [2.45, 2.75) is 33.6 Å². The van der Waals surface area contributed by atoms with E-state index >= 15 is 0 Å². The molecule has 2 aromatic carbocycles. The van der Waals surface area contributed by atoms with Crippen LogP contribution >= 0.6 is 0 Å². The van der Waals surface area contributed by atoms with Gasteiger partial charge in [0.2, 0.25) is 0 Å². The van der Waals surface area contributed by atoms with E-state index in [1.165, 1.54) is 6.08 Å². The lowest BCUT2D eigenvalue weighted by molar-refractivity contribution is -0.129. The van der Waals surface area contributed by atoms with Crippen LogP contribution in [0.1, 0.15) is 36.5 Å². The van der Waals surface area contributed by atoms with Crippen LogP contribution in [-0.4, -0.2) is 12.6 Å². The summed E-state index contributed by atoms with van der Waals surface area (Å²) in [6.45, 7) is 6.51. The van der Waals surface area contributed by atoms with Gasteiger partial charge in [0, 0.05) is 0 Å². The third-order valence-corrected chi connectivity index (χ3v) is 3.90. The normalized spacial score (nSPS) is 10.9. The van der Waals surface area contributed by atoms with E-state index in [1.54, 1.807) is 0 Å². The van der Waals surface area contributed by atoms with Gasteiger partial charge in [0.1, 0.15) is 23.1 Å². The number of carbonyl (C=O) groups is 1. The molecule has 0 spiro atoms. The van der Waals surface area contributed by atoms with E-state index in [2.05, 4.69) is 6.92 Å². The van der Waals surface area contributed by atoms with Crippen LogP contribution in [0.25, 0.3) is 6.08 Å². The predicted molar refractivity (Wildman–Crippen MR) is 102 cm³/mol. The monoisotopic (exact) mass is 349 g/mol. The Morgan fingerprint density at radius 1 is 1.12 bits per heavy atom. The minimum Gasteiger partial charge on any atom is -0.494 e. The lowest BCUT2D eigenvalue weighted by Gasteiger charge is -2.09. The Morgan fingerprint density at radius 2 is 1.77 bits per heavy atom. The Hall–Kier alpha value is -3.06. The third kappa shape index (κ3) is 5.22. The molecular weight excluding hydrogens is 326 g/mol. The van der Waals surface area contributed by atoms with E-state index in [0.717, 1.165) is 35.3 Å². The van der Waals surface area contributed by atoms with E-state index in [4.69, 9.17) is 9.47 Å². The quantitative estimate of drug-likeness (QED) is 0.232. The molecule has 2 aromatic rings. The van der Waals surface area contributed by atoms with Gasteiger partial charge in [-0.05, 0) is 55.2 Å². The first-order valence-electron chi connectivity index (χ1n) is 8.68. The molecule has 4 heteroatoms. The first-order valence-corrected chi connectivity index (χ1v) is 8.68. The predicted octanol–water partition coefficient (Wildman–Crippen LogP) is 4.99. The summed E-state index contributed by atoms with van der Waals surface area (Å²) in [5, 5.41) is 9.33. The van der Waals surface area contributed by atoms with Gasteiger partial charge in [-0.2, -0.15) is 5.26 Å². The van der Waals surface area contributed by atoms with Crippen LogP contribution in [0.5, 0.6) is 11.5 Å². The summed E-state index contributed by atoms with van der Waals surface area (Å²) >= 11 is 0. The fourth-order valence-electron chi connectivity index (χ4n) is 2.41. The van der Waals surface area contributed by atoms with Crippen molar-refractivity contribution in [1.82, 2.24) is 0 Å². The lowest BCUT2D eigenvalue weighted by Crippen LogP contribution is -2.11. The van der Waals surface area contributed by atoms with Gasteiger partial charge < -0.3 is 9.47 Å². The standard InChI is InChI=1S/C22H23NO3/c1-4-5-13-25-20-11-9-18(10-12-20)14-19(15-23)22(24)26-21-16(2)7-6-8-17(21)3/h6-12,14H,4-5,13H2,1-3H3/b19-14+. The molecule has 0 aliphatic carbocycles. The van der Waals surface area contributed by atoms with Crippen LogP contribution < -0.4 is 9.47 Å². The number of nitrogens with zero attached hydrogens (tertiary/aromatic N) is 1. The second-order valence-corrected chi connectivity index (χ2v) is 6.05. The highest BCUT2D eigenvalue weighted by atomic mass is 16.5. The number of hydrogen-bond acceptors (Lipinski definition) is 4. The summed E-state index contributed by atoms with van der Waals surface area (Å²) in [6, 6.07) is 14.8. The van der Waals surface area contributed by atoms with E-state index < -0.39 is 5.97 Å². The maximum atomic E-state index is 12.4. The number of esters is 1. The second kappa shape index (κ2) is 9.43. The number of unbranched alkanes of at least 4 members (excludes halogenated alkanes) is 1. The summed E-state index contributed by atoms with van der Waals surface area (Å²) in [5.74, 6) is 0.610. The number of para-hydroxylation sites is 1. The molecule has 26 heavy (non-hydrogen) atoms. The summed E-state index contributed by atoms with van der Waals surface area (Å²) in [5.41, 5.74) is 2.39. The molecule has 0 aliphatic heterocycles. The molecule has 4 nitrogen and oxygen atoms in total. The summed E-state index contributed by atoms with van der Waals surface area (Å²) in [4.78, 5) is 12.4. The van der Waals surface area contributed by atoms with E-state index in [1.807, 2.05) is 62.4 Å². The van der Waals surface area contributed by atoms with E-state index in [9.17, 15) is 10.1 Å². The Morgan fingerprint density at radius 3 is 2.35 bits per heavy atom. The zero-order valence-electron chi connectivity index (χ0n) is 15.4. The highest BCUT2D eigenvalue weighted by molar-refractivity contribution is 5.99. The molecule has 0 radical (unpaired) electrons. The number of aryl methyl sites for hydroxylation is 2. The molecule has 0 heterocycles. The van der Waals surface area contributed by atoms with Gasteiger partial charge in [0.15, 0.2) is 0 Å². The van der Waals surface area contributed by atoms with Crippen molar-refractivity contribution >= 4 is 12.0 Å². The molecule has 0 bridgehead atoms. The maximum Gasteiger partial charge on any atom is 0.354 e. The highest BCUT2D eigenvalue weighted by Crippen LogP contribution is 2.23. The summed E-state index contributed by atoms with van der Waals surface area (Å²) in [6.07, 6.45) is 3.60. The van der Waals surface area contributed by atoms with Crippen molar-refractivity contribution in [2.75, 3.05) is 6.61 Å². The first-order chi connectivity index (χ1) is 12.5. The Labute approximate surface area is 154 Å². The minimum atomic E-state index is -0.659. The topological polar surface area (TPSA) is 59.3 Å².